The highest BCUT2D eigenvalue weighted by atomic mass is 16.5. The fraction of sp³-hybridized carbons (Fsp3) is 0.192. The molecule has 0 N–H and O–H groups in total. The van der Waals surface area contributed by atoms with Gasteiger partial charge >= 0.3 is 0 Å². The lowest BCUT2D eigenvalue weighted by molar-refractivity contribution is 0.0535. The molecule has 0 bridgehead atoms. The number of carbonyl (C=O) groups is 2. The number of rotatable bonds is 5. The molecule has 1 fully saturated rings. The molecule has 3 aromatic rings. The molecular weight excluding hydrogens is 402 g/mol. The van der Waals surface area contributed by atoms with Gasteiger partial charge in [0.1, 0.15) is 5.75 Å². The summed E-state index contributed by atoms with van der Waals surface area (Å²) in [7, 11) is 1.60. The van der Waals surface area contributed by atoms with Crippen LogP contribution >= 0.6 is 0 Å². The molecule has 6 nitrogen and oxygen atoms in total. The van der Waals surface area contributed by atoms with Crippen LogP contribution in [0.4, 0.5) is 0 Å². The number of nitrogens with zero attached hydrogens (tertiary/aromatic N) is 3. The molecule has 0 aliphatic carbocycles. The third kappa shape index (κ3) is 5.03. The van der Waals surface area contributed by atoms with E-state index in [1.807, 2.05) is 48.6 Å². The van der Waals surface area contributed by atoms with Gasteiger partial charge in [0, 0.05) is 49.7 Å². The van der Waals surface area contributed by atoms with E-state index < -0.39 is 0 Å². The lowest BCUT2D eigenvalue weighted by Gasteiger charge is -2.35. The standard InChI is InChI=1S/C26H25N3O3/c1-32-24-10-8-23(9-11-24)26(31)29-18-16-28(17-19-29)25(30)22-6-4-20(5-7-22)2-3-21-12-14-27-15-13-21/h2-15H,16-19H2,1H3/b3-2+. The summed E-state index contributed by atoms with van der Waals surface area (Å²) < 4.78 is 5.14. The largest absolute Gasteiger partial charge is 0.497 e. The van der Waals surface area contributed by atoms with Crippen molar-refractivity contribution in [2.45, 2.75) is 0 Å². The third-order valence-electron chi connectivity index (χ3n) is 5.52. The Bertz CT molecular complexity index is 1090. The second-order valence-electron chi connectivity index (χ2n) is 7.55. The first-order valence-corrected chi connectivity index (χ1v) is 10.5. The number of pyridine rings is 1. The number of amides is 2. The molecule has 2 heterocycles. The third-order valence-corrected chi connectivity index (χ3v) is 5.52. The molecule has 32 heavy (non-hydrogen) atoms. The molecule has 162 valence electrons. The second kappa shape index (κ2) is 9.92. The Hall–Kier alpha value is -3.93. The molecule has 1 aliphatic rings. The van der Waals surface area contributed by atoms with Crippen LogP contribution in [0.15, 0.2) is 73.1 Å². The Morgan fingerprint density at radius 1 is 0.719 bits per heavy atom. The van der Waals surface area contributed by atoms with Gasteiger partial charge in [0.25, 0.3) is 11.8 Å². The molecule has 1 saturated heterocycles. The van der Waals surface area contributed by atoms with Crippen molar-refractivity contribution in [2.75, 3.05) is 33.3 Å². The summed E-state index contributed by atoms with van der Waals surface area (Å²) in [5.74, 6) is 0.687. The summed E-state index contributed by atoms with van der Waals surface area (Å²) in [5.41, 5.74) is 3.37. The Labute approximate surface area is 187 Å². The molecule has 1 aliphatic heterocycles. The Balaban J connectivity index is 1.32. The van der Waals surface area contributed by atoms with Crippen molar-refractivity contribution in [1.29, 1.82) is 0 Å². The smallest absolute Gasteiger partial charge is 0.253 e. The van der Waals surface area contributed by atoms with Gasteiger partial charge in [-0.15, -0.1) is 0 Å². The van der Waals surface area contributed by atoms with Crippen LogP contribution in [0.2, 0.25) is 0 Å². The lowest BCUT2D eigenvalue weighted by Crippen LogP contribution is -2.50. The van der Waals surface area contributed by atoms with Crippen molar-refractivity contribution >= 4 is 24.0 Å². The Kier molecular flexibility index (Phi) is 6.60. The minimum Gasteiger partial charge on any atom is -0.497 e. The van der Waals surface area contributed by atoms with Crippen LogP contribution in [0.25, 0.3) is 12.2 Å². The molecule has 0 radical (unpaired) electrons. The van der Waals surface area contributed by atoms with E-state index in [1.165, 1.54) is 0 Å². The van der Waals surface area contributed by atoms with E-state index in [4.69, 9.17) is 4.74 Å². The lowest BCUT2D eigenvalue weighted by atomic mass is 10.1. The monoisotopic (exact) mass is 427 g/mol. The molecular formula is C26H25N3O3. The first kappa shape index (κ1) is 21.3. The fourth-order valence-corrected chi connectivity index (χ4v) is 3.62. The predicted octanol–water partition coefficient (Wildman–Crippen LogP) is 3.86. The highest BCUT2D eigenvalue weighted by Crippen LogP contribution is 2.16. The van der Waals surface area contributed by atoms with Crippen LogP contribution in [0, 0.1) is 0 Å². The van der Waals surface area contributed by atoms with Crippen molar-refractivity contribution in [3.05, 3.63) is 95.3 Å². The Morgan fingerprint density at radius 2 is 1.16 bits per heavy atom. The highest BCUT2D eigenvalue weighted by molar-refractivity contribution is 5.96. The van der Waals surface area contributed by atoms with Gasteiger partial charge in [-0.2, -0.15) is 0 Å². The van der Waals surface area contributed by atoms with E-state index in [1.54, 1.807) is 53.6 Å². The number of methoxy groups -OCH3 is 1. The number of ether oxygens (including phenoxy) is 1. The van der Waals surface area contributed by atoms with Crippen molar-refractivity contribution in [1.82, 2.24) is 14.8 Å². The predicted molar refractivity (Wildman–Crippen MR) is 124 cm³/mol. The average Bonchev–Trinajstić information content (AvgIpc) is 2.88. The fourth-order valence-electron chi connectivity index (χ4n) is 3.62. The van der Waals surface area contributed by atoms with Gasteiger partial charge in [-0.1, -0.05) is 24.3 Å². The Morgan fingerprint density at radius 3 is 1.62 bits per heavy atom. The number of hydrogen-bond donors (Lipinski definition) is 0. The zero-order valence-corrected chi connectivity index (χ0v) is 18.0. The van der Waals surface area contributed by atoms with Gasteiger partial charge in [-0.3, -0.25) is 14.6 Å². The molecule has 1 aromatic heterocycles. The van der Waals surface area contributed by atoms with Gasteiger partial charge in [0.15, 0.2) is 0 Å². The minimum atomic E-state index is -0.0231. The quantitative estimate of drug-likeness (QED) is 0.620. The molecule has 0 spiro atoms. The van der Waals surface area contributed by atoms with Crippen LogP contribution in [0.3, 0.4) is 0 Å². The van der Waals surface area contributed by atoms with Crippen molar-refractivity contribution in [2.24, 2.45) is 0 Å². The topological polar surface area (TPSA) is 62.7 Å². The summed E-state index contributed by atoms with van der Waals surface area (Å²) >= 11 is 0. The summed E-state index contributed by atoms with van der Waals surface area (Å²) in [6.45, 7) is 2.07. The van der Waals surface area contributed by atoms with E-state index in [9.17, 15) is 9.59 Å². The van der Waals surface area contributed by atoms with E-state index in [-0.39, 0.29) is 11.8 Å². The van der Waals surface area contributed by atoms with E-state index in [0.717, 1.165) is 16.9 Å². The number of hydrogen-bond acceptors (Lipinski definition) is 4. The van der Waals surface area contributed by atoms with E-state index >= 15 is 0 Å². The second-order valence-corrected chi connectivity index (χ2v) is 7.55. The number of benzene rings is 2. The van der Waals surface area contributed by atoms with Gasteiger partial charge < -0.3 is 14.5 Å². The molecule has 6 heteroatoms. The van der Waals surface area contributed by atoms with Crippen LogP contribution in [0.1, 0.15) is 31.8 Å². The maximum absolute atomic E-state index is 12.9. The van der Waals surface area contributed by atoms with Gasteiger partial charge in [-0.05, 0) is 59.7 Å². The SMILES string of the molecule is COc1ccc(C(=O)N2CCN(C(=O)c3ccc(/C=C/c4ccncc4)cc3)CC2)cc1. The molecule has 0 saturated carbocycles. The molecule has 4 rings (SSSR count). The summed E-state index contributed by atoms with van der Waals surface area (Å²) in [6.07, 6.45) is 7.53. The maximum Gasteiger partial charge on any atom is 0.253 e. The summed E-state index contributed by atoms with van der Waals surface area (Å²) in [6, 6.07) is 18.6. The van der Waals surface area contributed by atoms with Crippen molar-refractivity contribution < 1.29 is 14.3 Å². The molecule has 0 unspecified atom stereocenters. The maximum atomic E-state index is 12.9. The molecule has 2 aromatic carbocycles. The molecule has 2 amide bonds. The minimum absolute atomic E-state index is 0.00814. The number of carbonyl (C=O) groups excluding carboxylic acids is 2. The first-order valence-electron chi connectivity index (χ1n) is 10.5. The van der Waals surface area contributed by atoms with E-state index in [0.29, 0.717) is 37.3 Å². The normalized spacial score (nSPS) is 13.9. The van der Waals surface area contributed by atoms with Crippen LogP contribution in [-0.4, -0.2) is 59.9 Å². The first-order chi connectivity index (χ1) is 15.6. The van der Waals surface area contributed by atoms with Crippen molar-refractivity contribution in [3.63, 3.8) is 0 Å². The van der Waals surface area contributed by atoms with E-state index in [2.05, 4.69) is 4.98 Å². The number of piperazine rings is 1. The number of aromatic nitrogens is 1. The van der Waals surface area contributed by atoms with Crippen LogP contribution in [-0.2, 0) is 0 Å². The average molecular weight is 428 g/mol. The zero-order chi connectivity index (χ0) is 22.3. The van der Waals surface area contributed by atoms with Gasteiger partial charge in [0.05, 0.1) is 7.11 Å². The summed E-state index contributed by atoms with van der Waals surface area (Å²) in [4.78, 5) is 33.2. The zero-order valence-electron chi connectivity index (χ0n) is 18.0. The van der Waals surface area contributed by atoms with Gasteiger partial charge in [-0.25, -0.2) is 0 Å². The van der Waals surface area contributed by atoms with Crippen molar-refractivity contribution in [3.8, 4) is 5.75 Å². The van der Waals surface area contributed by atoms with Crippen LogP contribution < -0.4 is 4.74 Å². The van der Waals surface area contributed by atoms with Crippen LogP contribution in [0.5, 0.6) is 5.75 Å². The highest BCUT2D eigenvalue weighted by Gasteiger charge is 2.25. The summed E-state index contributed by atoms with van der Waals surface area (Å²) in [5, 5.41) is 0. The molecule has 0 atom stereocenters. The van der Waals surface area contributed by atoms with Gasteiger partial charge in [0.2, 0.25) is 0 Å².